The molecule has 1 unspecified atom stereocenters. The van der Waals surface area contributed by atoms with Crippen molar-refractivity contribution in [3.63, 3.8) is 0 Å². The van der Waals surface area contributed by atoms with Gasteiger partial charge in [-0.15, -0.1) is 0 Å². The normalized spacial score (nSPS) is 18.8. The summed E-state index contributed by atoms with van der Waals surface area (Å²) in [5.74, 6) is 1.28. The maximum absolute atomic E-state index is 11.7. The second kappa shape index (κ2) is 7.16. The van der Waals surface area contributed by atoms with Gasteiger partial charge in [-0.05, 0) is 42.9 Å². The van der Waals surface area contributed by atoms with Gasteiger partial charge in [-0.25, -0.2) is 0 Å². The Kier molecular flexibility index (Phi) is 5.53. The molecular weight excluding hydrogens is 312 g/mol. The topological polar surface area (TPSA) is 41.1 Å². The number of anilines is 1. The number of carbonyl (C=O) groups excluding carboxylic acids is 1. The molecule has 0 aliphatic carbocycles. The van der Waals surface area contributed by atoms with Gasteiger partial charge in [-0.3, -0.25) is 4.79 Å². The smallest absolute Gasteiger partial charge is 0.238 e. The Bertz CT molecular complexity index is 390. The fourth-order valence-corrected chi connectivity index (χ4v) is 3.39. The molecule has 0 radical (unpaired) electrons. The summed E-state index contributed by atoms with van der Waals surface area (Å²) >= 11 is 5.36. The molecule has 1 fully saturated rings. The predicted octanol–water partition coefficient (Wildman–Crippen LogP) is 2.87. The van der Waals surface area contributed by atoms with Gasteiger partial charge in [-0.1, -0.05) is 15.9 Å². The molecule has 2 N–H and O–H groups in total. The van der Waals surface area contributed by atoms with E-state index in [9.17, 15) is 4.79 Å². The zero-order valence-electron chi connectivity index (χ0n) is 10.1. The number of benzene rings is 1. The molecule has 0 bridgehead atoms. The molecule has 18 heavy (non-hydrogen) atoms. The number of halogens is 1. The van der Waals surface area contributed by atoms with E-state index in [1.165, 1.54) is 18.6 Å². The monoisotopic (exact) mass is 328 g/mol. The lowest BCUT2D eigenvalue weighted by Crippen LogP contribution is -2.32. The summed E-state index contributed by atoms with van der Waals surface area (Å²) in [6.45, 7) is 1.31. The summed E-state index contributed by atoms with van der Waals surface area (Å²) in [5, 5.41) is 6.77. The summed E-state index contributed by atoms with van der Waals surface area (Å²) in [5.41, 5.74) is 0.834. The molecule has 0 aromatic heterocycles. The van der Waals surface area contributed by atoms with E-state index in [1.54, 1.807) is 0 Å². The Hall–Kier alpha value is -0.520. The molecule has 2 rings (SSSR count). The highest BCUT2D eigenvalue weighted by Crippen LogP contribution is 2.25. The lowest BCUT2D eigenvalue weighted by atomic mass is 10.2. The van der Waals surface area contributed by atoms with E-state index in [1.807, 2.05) is 36.0 Å². The fraction of sp³-hybridized carbons (Fsp3) is 0.462. The Labute approximate surface area is 120 Å². The van der Waals surface area contributed by atoms with Crippen LogP contribution in [0.2, 0.25) is 0 Å². The van der Waals surface area contributed by atoms with Crippen LogP contribution in [-0.2, 0) is 4.79 Å². The number of amides is 1. The molecular formula is C13H17BrN2OS. The summed E-state index contributed by atoms with van der Waals surface area (Å²) in [7, 11) is 0. The van der Waals surface area contributed by atoms with Crippen LogP contribution in [0.1, 0.15) is 12.8 Å². The first kappa shape index (κ1) is 13.9. The largest absolute Gasteiger partial charge is 0.325 e. The molecule has 1 aliphatic heterocycles. The number of thioether (sulfide) groups is 1. The molecule has 1 aromatic rings. The van der Waals surface area contributed by atoms with Crippen molar-refractivity contribution in [1.82, 2.24) is 5.32 Å². The third-order valence-corrected chi connectivity index (χ3v) is 4.74. The molecule has 1 aliphatic rings. The average molecular weight is 329 g/mol. The lowest BCUT2D eigenvalue weighted by Gasteiger charge is -2.10. The van der Waals surface area contributed by atoms with Gasteiger partial charge in [0.1, 0.15) is 0 Å². The van der Waals surface area contributed by atoms with Crippen LogP contribution in [0.25, 0.3) is 0 Å². The molecule has 0 spiro atoms. The Morgan fingerprint density at radius 2 is 2.17 bits per heavy atom. The minimum Gasteiger partial charge on any atom is -0.325 e. The molecule has 3 nitrogen and oxygen atoms in total. The highest BCUT2D eigenvalue weighted by Gasteiger charge is 2.15. The van der Waals surface area contributed by atoms with Crippen molar-refractivity contribution in [2.75, 3.05) is 24.2 Å². The van der Waals surface area contributed by atoms with Crippen LogP contribution in [0, 0.1) is 0 Å². The zero-order chi connectivity index (χ0) is 12.8. The van der Waals surface area contributed by atoms with Gasteiger partial charge < -0.3 is 10.6 Å². The molecule has 1 saturated heterocycles. The van der Waals surface area contributed by atoms with Crippen molar-refractivity contribution >= 4 is 39.3 Å². The zero-order valence-corrected chi connectivity index (χ0v) is 12.5. The van der Waals surface area contributed by atoms with Crippen LogP contribution in [0.5, 0.6) is 0 Å². The summed E-state index contributed by atoms with van der Waals surface area (Å²) in [6, 6.07) is 7.60. The maximum Gasteiger partial charge on any atom is 0.238 e. The van der Waals surface area contributed by atoms with E-state index in [0.717, 1.165) is 16.7 Å². The van der Waals surface area contributed by atoms with Gasteiger partial charge in [0.05, 0.1) is 6.54 Å². The number of rotatable bonds is 5. The van der Waals surface area contributed by atoms with Crippen molar-refractivity contribution in [2.45, 2.75) is 18.1 Å². The number of hydrogen-bond acceptors (Lipinski definition) is 3. The fourth-order valence-electron chi connectivity index (χ4n) is 1.89. The van der Waals surface area contributed by atoms with Gasteiger partial charge in [0, 0.05) is 22.0 Å². The minimum atomic E-state index is 0.0142. The Morgan fingerprint density at radius 1 is 1.39 bits per heavy atom. The van der Waals surface area contributed by atoms with Crippen molar-refractivity contribution in [3.05, 3.63) is 28.7 Å². The van der Waals surface area contributed by atoms with E-state index >= 15 is 0 Å². The van der Waals surface area contributed by atoms with Gasteiger partial charge in [0.25, 0.3) is 0 Å². The van der Waals surface area contributed by atoms with E-state index < -0.39 is 0 Å². The van der Waals surface area contributed by atoms with Crippen LogP contribution in [-0.4, -0.2) is 30.0 Å². The number of nitrogens with one attached hydrogen (secondary N) is 2. The van der Waals surface area contributed by atoms with Crippen molar-refractivity contribution in [3.8, 4) is 0 Å². The third-order valence-electron chi connectivity index (χ3n) is 2.81. The SMILES string of the molecule is O=C(CNCC1CCCS1)Nc1ccc(Br)cc1. The molecule has 1 atom stereocenters. The summed E-state index contributed by atoms with van der Waals surface area (Å²) < 4.78 is 1.01. The molecule has 1 amide bonds. The highest BCUT2D eigenvalue weighted by atomic mass is 79.9. The third kappa shape index (κ3) is 4.63. The molecule has 1 aromatic carbocycles. The maximum atomic E-state index is 11.7. The standard InChI is InChI=1S/C13H17BrN2OS/c14-10-3-5-11(6-4-10)16-13(17)9-15-8-12-2-1-7-18-12/h3-6,12,15H,1-2,7-9H2,(H,16,17). The first-order chi connectivity index (χ1) is 8.74. The van der Waals surface area contributed by atoms with Crippen LogP contribution < -0.4 is 10.6 Å². The number of hydrogen-bond donors (Lipinski definition) is 2. The quantitative estimate of drug-likeness (QED) is 0.873. The summed E-state index contributed by atoms with van der Waals surface area (Å²) in [6.07, 6.45) is 2.58. The van der Waals surface area contributed by atoms with E-state index in [0.29, 0.717) is 11.8 Å². The number of carbonyl (C=O) groups is 1. The van der Waals surface area contributed by atoms with E-state index in [2.05, 4.69) is 26.6 Å². The predicted molar refractivity (Wildman–Crippen MR) is 81.1 cm³/mol. The van der Waals surface area contributed by atoms with Crippen LogP contribution in [0.4, 0.5) is 5.69 Å². The highest BCUT2D eigenvalue weighted by molar-refractivity contribution is 9.10. The van der Waals surface area contributed by atoms with Gasteiger partial charge in [0.2, 0.25) is 5.91 Å². The van der Waals surface area contributed by atoms with Crippen LogP contribution >= 0.6 is 27.7 Å². The Morgan fingerprint density at radius 3 is 2.83 bits per heavy atom. The molecule has 1 heterocycles. The minimum absolute atomic E-state index is 0.0142. The van der Waals surface area contributed by atoms with E-state index in [-0.39, 0.29) is 5.91 Å². The first-order valence-corrected chi connectivity index (χ1v) is 7.96. The lowest BCUT2D eigenvalue weighted by molar-refractivity contribution is -0.115. The second-order valence-corrected chi connectivity index (χ2v) is 6.64. The van der Waals surface area contributed by atoms with Gasteiger partial charge in [-0.2, -0.15) is 11.8 Å². The van der Waals surface area contributed by atoms with Gasteiger partial charge in [0.15, 0.2) is 0 Å². The van der Waals surface area contributed by atoms with Crippen LogP contribution in [0.15, 0.2) is 28.7 Å². The first-order valence-electron chi connectivity index (χ1n) is 6.12. The summed E-state index contributed by atoms with van der Waals surface area (Å²) in [4.78, 5) is 11.7. The van der Waals surface area contributed by atoms with Crippen molar-refractivity contribution in [1.29, 1.82) is 0 Å². The van der Waals surface area contributed by atoms with Gasteiger partial charge >= 0.3 is 0 Å². The van der Waals surface area contributed by atoms with Crippen LogP contribution in [0.3, 0.4) is 0 Å². The molecule has 0 saturated carbocycles. The van der Waals surface area contributed by atoms with Crippen molar-refractivity contribution in [2.24, 2.45) is 0 Å². The van der Waals surface area contributed by atoms with E-state index in [4.69, 9.17) is 0 Å². The second-order valence-electron chi connectivity index (χ2n) is 4.32. The molecule has 98 valence electrons. The average Bonchev–Trinajstić information content (AvgIpc) is 2.85. The Balaban J connectivity index is 1.66. The van der Waals surface area contributed by atoms with Crippen molar-refractivity contribution < 1.29 is 4.79 Å². The molecule has 5 heteroatoms.